The fourth-order valence-corrected chi connectivity index (χ4v) is 3.34. The van der Waals surface area contributed by atoms with Crippen LogP contribution in [0.15, 0.2) is 22.7 Å². The highest BCUT2D eigenvalue weighted by molar-refractivity contribution is 14.1. The second-order valence-corrected chi connectivity index (χ2v) is 6.92. The molecule has 1 aromatic rings. The van der Waals surface area contributed by atoms with E-state index in [1.54, 1.807) is 0 Å². The first-order valence-electron chi connectivity index (χ1n) is 6.40. The van der Waals surface area contributed by atoms with Crippen LogP contribution in [0.4, 0.5) is 0 Å². The molecule has 1 saturated carbocycles. The van der Waals surface area contributed by atoms with Crippen molar-refractivity contribution >= 4 is 44.4 Å². The summed E-state index contributed by atoms with van der Waals surface area (Å²) in [5, 5.41) is 3.07. The van der Waals surface area contributed by atoms with Gasteiger partial charge in [0.25, 0.3) is 5.91 Å². The van der Waals surface area contributed by atoms with Gasteiger partial charge in [-0.25, -0.2) is 0 Å². The molecule has 0 aromatic heterocycles. The van der Waals surface area contributed by atoms with Crippen LogP contribution in [0.5, 0.6) is 0 Å². The zero-order valence-corrected chi connectivity index (χ0v) is 14.0. The zero-order valence-electron chi connectivity index (χ0n) is 10.2. The lowest BCUT2D eigenvalue weighted by Gasteiger charge is -2.21. The molecule has 0 radical (unpaired) electrons. The van der Waals surface area contributed by atoms with Gasteiger partial charge in [0.1, 0.15) is 0 Å². The summed E-state index contributed by atoms with van der Waals surface area (Å²) in [5.74, 6) is 0.721. The second kappa shape index (κ2) is 6.89. The third-order valence-electron chi connectivity index (χ3n) is 3.45. The second-order valence-electron chi connectivity index (χ2n) is 4.84. The molecule has 0 unspecified atom stereocenters. The molecule has 1 aliphatic rings. The summed E-state index contributed by atoms with van der Waals surface area (Å²) in [6.45, 7) is 0.821. The SMILES string of the molecule is O=C(NCC1CCCCC1)c1cc(Br)ccc1I. The molecule has 0 bridgehead atoms. The van der Waals surface area contributed by atoms with Crippen molar-refractivity contribution in [1.82, 2.24) is 5.32 Å². The fourth-order valence-electron chi connectivity index (χ4n) is 2.40. The number of nitrogens with one attached hydrogen (secondary N) is 1. The van der Waals surface area contributed by atoms with Crippen molar-refractivity contribution in [2.24, 2.45) is 5.92 Å². The van der Waals surface area contributed by atoms with Crippen LogP contribution in [-0.2, 0) is 0 Å². The topological polar surface area (TPSA) is 29.1 Å². The molecule has 1 aromatic carbocycles. The van der Waals surface area contributed by atoms with E-state index in [0.717, 1.165) is 20.2 Å². The molecule has 2 rings (SSSR count). The van der Waals surface area contributed by atoms with Crippen LogP contribution in [0.1, 0.15) is 42.5 Å². The van der Waals surface area contributed by atoms with Gasteiger partial charge in [-0.15, -0.1) is 0 Å². The van der Waals surface area contributed by atoms with E-state index in [0.29, 0.717) is 5.92 Å². The van der Waals surface area contributed by atoms with Crippen LogP contribution in [0.25, 0.3) is 0 Å². The Labute approximate surface area is 130 Å². The Morgan fingerprint density at radius 3 is 2.78 bits per heavy atom. The molecule has 4 heteroatoms. The van der Waals surface area contributed by atoms with Crippen molar-refractivity contribution in [2.75, 3.05) is 6.54 Å². The van der Waals surface area contributed by atoms with Crippen molar-refractivity contribution in [1.29, 1.82) is 0 Å². The largest absolute Gasteiger partial charge is 0.352 e. The average molecular weight is 422 g/mol. The minimum absolute atomic E-state index is 0.0475. The number of benzene rings is 1. The molecule has 1 N–H and O–H groups in total. The van der Waals surface area contributed by atoms with Crippen molar-refractivity contribution in [2.45, 2.75) is 32.1 Å². The molecule has 1 amide bonds. The maximum atomic E-state index is 12.1. The lowest BCUT2D eigenvalue weighted by atomic mass is 9.89. The Balaban J connectivity index is 1.92. The molecule has 0 atom stereocenters. The van der Waals surface area contributed by atoms with Crippen LogP contribution in [-0.4, -0.2) is 12.5 Å². The highest BCUT2D eigenvalue weighted by atomic mass is 127. The van der Waals surface area contributed by atoms with Gasteiger partial charge < -0.3 is 5.32 Å². The summed E-state index contributed by atoms with van der Waals surface area (Å²) in [4.78, 5) is 12.1. The fraction of sp³-hybridized carbons (Fsp3) is 0.500. The molecule has 98 valence electrons. The van der Waals surface area contributed by atoms with Crippen LogP contribution in [0, 0.1) is 9.49 Å². The number of amides is 1. The smallest absolute Gasteiger partial charge is 0.252 e. The Morgan fingerprint density at radius 2 is 2.06 bits per heavy atom. The molecule has 1 fully saturated rings. The van der Waals surface area contributed by atoms with E-state index in [1.807, 2.05) is 18.2 Å². The standard InChI is InChI=1S/C14H17BrINO/c15-11-6-7-13(16)12(8-11)14(18)17-9-10-4-2-1-3-5-10/h6-8,10H,1-5,9H2,(H,17,18). The normalized spacial score (nSPS) is 16.6. The van der Waals surface area contributed by atoms with E-state index in [4.69, 9.17) is 0 Å². The van der Waals surface area contributed by atoms with Gasteiger partial charge in [-0.1, -0.05) is 35.2 Å². The van der Waals surface area contributed by atoms with Gasteiger partial charge in [0, 0.05) is 14.6 Å². The van der Waals surface area contributed by atoms with Crippen LogP contribution in [0.3, 0.4) is 0 Å². The Kier molecular flexibility index (Phi) is 5.48. The number of rotatable bonds is 3. The molecule has 0 spiro atoms. The van der Waals surface area contributed by atoms with Gasteiger partial charge in [-0.05, 0) is 59.5 Å². The van der Waals surface area contributed by atoms with Gasteiger partial charge in [-0.2, -0.15) is 0 Å². The highest BCUT2D eigenvalue weighted by Gasteiger charge is 2.16. The van der Waals surface area contributed by atoms with Gasteiger partial charge in [0.2, 0.25) is 0 Å². The average Bonchev–Trinajstić information content (AvgIpc) is 2.40. The van der Waals surface area contributed by atoms with Crippen LogP contribution in [0.2, 0.25) is 0 Å². The number of hydrogen-bond donors (Lipinski definition) is 1. The quantitative estimate of drug-likeness (QED) is 0.721. The maximum Gasteiger partial charge on any atom is 0.252 e. The lowest BCUT2D eigenvalue weighted by molar-refractivity contribution is 0.0942. The Bertz CT molecular complexity index is 430. The van der Waals surface area contributed by atoms with Crippen LogP contribution < -0.4 is 5.32 Å². The predicted octanol–water partition coefficient (Wildman–Crippen LogP) is 4.36. The number of carbonyl (C=O) groups is 1. The van der Waals surface area contributed by atoms with Gasteiger partial charge >= 0.3 is 0 Å². The monoisotopic (exact) mass is 421 g/mol. The van der Waals surface area contributed by atoms with Crippen molar-refractivity contribution in [3.8, 4) is 0 Å². The predicted molar refractivity (Wildman–Crippen MR) is 85.8 cm³/mol. The first-order valence-corrected chi connectivity index (χ1v) is 8.27. The lowest BCUT2D eigenvalue weighted by Crippen LogP contribution is -2.30. The van der Waals surface area contributed by atoms with Crippen molar-refractivity contribution in [3.63, 3.8) is 0 Å². The third-order valence-corrected chi connectivity index (χ3v) is 4.88. The van der Waals surface area contributed by atoms with Crippen LogP contribution >= 0.6 is 38.5 Å². The Morgan fingerprint density at radius 1 is 1.33 bits per heavy atom. The first kappa shape index (κ1) is 14.3. The summed E-state index contributed by atoms with van der Waals surface area (Å²) in [6, 6.07) is 5.80. The minimum Gasteiger partial charge on any atom is -0.352 e. The summed E-state index contributed by atoms with van der Waals surface area (Å²) >= 11 is 5.61. The molecule has 0 aliphatic heterocycles. The molecular weight excluding hydrogens is 405 g/mol. The van der Waals surface area contributed by atoms with Gasteiger partial charge in [-0.3, -0.25) is 4.79 Å². The molecular formula is C14H17BrINO. The molecule has 1 aliphatic carbocycles. The summed E-state index contributed by atoms with van der Waals surface area (Å²) in [5.41, 5.74) is 0.765. The summed E-state index contributed by atoms with van der Waals surface area (Å²) in [7, 11) is 0. The van der Waals surface area contributed by atoms with E-state index >= 15 is 0 Å². The zero-order chi connectivity index (χ0) is 13.0. The number of halogens is 2. The van der Waals surface area contributed by atoms with Crippen molar-refractivity contribution < 1.29 is 4.79 Å². The molecule has 2 nitrogen and oxygen atoms in total. The summed E-state index contributed by atoms with van der Waals surface area (Å²) in [6.07, 6.45) is 6.50. The minimum atomic E-state index is 0.0475. The molecule has 18 heavy (non-hydrogen) atoms. The highest BCUT2D eigenvalue weighted by Crippen LogP contribution is 2.23. The Hall–Kier alpha value is -0.100. The summed E-state index contributed by atoms with van der Waals surface area (Å²) < 4.78 is 1.95. The van der Waals surface area contributed by atoms with E-state index < -0.39 is 0 Å². The molecule has 0 heterocycles. The van der Waals surface area contributed by atoms with Gasteiger partial charge in [0.15, 0.2) is 0 Å². The maximum absolute atomic E-state index is 12.1. The van der Waals surface area contributed by atoms with E-state index in [1.165, 1.54) is 32.1 Å². The van der Waals surface area contributed by atoms with Gasteiger partial charge in [0.05, 0.1) is 5.56 Å². The number of hydrogen-bond acceptors (Lipinski definition) is 1. The van der Waals surface area contributed by atoms with E-state index in [9.17, 15) is 4.79 Å². The molecule has 0 saturated heterocycles. The van der Waals surface area contributed by atoms with E-state index in [-0.39, 0.29) is 5.91 Å². The number of carbonyl (C=O) groups excluding carboxylic acids is 1. The van der Waals surface area contributed by atoms with E-state index in [2.05, 4.69) is 43.8 Å². The van der Waals surface area contributed by atoms with Crippen molar-refractivity contribution in [3.05, 3.63) is 31.8 Å². The first-order chi connectivity index (χ1) is 8.66. The third kappa shape index (κ3) is 3.95.